The first-order valence-corrected chi connectivity index (χ1v) is 15.2. The number of carbonyl (C=O) groups is 2. The van der Waals surface area contributed by atoms with Crippen LogP contribution in [0, 0.1) is 0 Å². The Morgan fingerprint density at radius 3 is 1.97 bits per heavy atom. The van der Waals surface area contributed by atoms with Gasteiger partial charge in [0.05, 0.1) is 13.2 Å². The van der Waals surface area contributed by atoms with Crippen molar-refractivity contribution in [2.24, 2.45) is 0 Å². The molecule has 1 saturated heterocycles. The molecular weight excluding hydrogens is 492 g/mol. The van der Waals surface area contributed by atoms with Crippen LogP contribution in [0.15, 0.2) is 84.9 Å². The zero-order valence-corrected chi connectivity index (χ0v) is 23.9. The SMILES string of the molecule is CC(=O)OCCN1CCCN(c2ccc(CO[Si](c3ccccc3)(c3ccccc3)C(C)(C)C)cc2)C1=O. The maximum atomic E-state index is 13.1. The second-order valence-electron chi connectivity index (χ2n) is 10.7. The van der Waals surface area contributed by atoms with Gasteiger partial charge in [-0.25, -0.2) is 4.79 Å². The van der Waals surface area contributed by atoms with Crippen molar-refractivity contribution in [2.45, 2.75) is 45.8 Å². The molecule has 0 radical (unpaired) electrons. The molecule has 3 aromatic carbocycles. The Morgan fingerprint density at radius 1 is 0.868 bits per heavy atom. The molecule has 2 amide bonds. The average molecular weight is 531 g/mol. The van der Waals surface area contributed by atoms with Crippen molar-refractivity contribution in [1.29, 1.82) is 0 Å². The van der Waals surface area contributed by atoms with Crippen molar-refractivity contribution in [3.63, 3.8) is 0 Å². The van der Waals surface area contributed by atoms with Crippen molar-refractivity contribution in [2.75, 3.05) is 31.1 Å². The first-order valence-electron chi connectivity index (χ1n) is 13.3. The summed E-state index contributed by atoms with van der Waals surface area (Å²) in [6.07, 6.45) is 0.866. The van der Waals surface area contributed by atoms with Crippen LogP contribution in [0.3, 0.4) is 0 Å². The molecule has 7 heteroatoms. The molecule has 0 aromatic heterocycles. The summed E-state index contributed by atoms with van der Waals surface area (Å²) in [6, 6.07) is 29.3. The van der Waals surface area contributed by atoms with E-state index >= 15 is 0 Å². The van der Waals surface area contributed by atoms with Crippen LogP contribution in [-0.2, 0) is 20.6 Å². The van der Waals surface area contributed by atoms with Crippen LogP contribution >= 0.6 is 0 Å². The summed E-state index contributed by atoms with van der Waals surface area (Å²) in [7, 11) is -2.63. The number of hydrogen-bond donors (Lipinski definition) is 0. The van der Waals surface area contributed by atoms with Crippen LogP contribution < -0.4 is 15.3 Å². The Kier molecular flexibility index (Phi) is 8.69. The molecule has 0 unspecified atom stereocenters. The van der Waals surface area contributed by atoms with Crippen molar-refractivity contribution < 1.29 is 18.8 Å². The zero-order chi connectivity index (χ0) is 27.2. The second-order valence-corrected chi connectivity index (χ2v) is 15.0. The Morgan fingerprint density at radius 2 is 1.45 bits per heavy atom. The van der Waals surface area contributed by atoms with E-state index in [1.54, 1.807) is 9.80 Å². The van der Waals surface area contributed by atoms with Crippen molar-refractivity contribution in [3.05, 3.63) is 90.5 Å². The molecule has 0 bridgehead atoms. The molecule has 0 N–H and O–H groups in total. The first kappa shape index (κ1) is 27.6. The van der Waals surface area contributed by atoms with E-state index in [0.29, 0.717) is 26.2 Å². The summed E-state index contributed by atoms with van der Waals surface area (Å²) < 4.78 is 12.1. The van der Waals surface area contributed by atoms with Gasteiger partial charge < -0.3 is 14.1 Å². The molecule has 0 spiro atoms. The van der Waals surface area contributed by atoms with Crippen LogP contribution in [-0.4, -0.2) is 51.5 Å². The number of rotatable bonds is 9. The van der Waals surface area contributed by atoms with Crippen LogP contribution in [0.25, 0.3) is 0 Å². The van der Waals surface area contributed by atoms with Gasteiger partial charge in [-0.1, -0.05) is 93.6 Å². The van der Waals surface area contributed by atoms with E-state index in [9.17, 15) is 9.59 Å². The van der Waals surface area contributed by atoms with E-state index in [-0.39, 0.29) is 23.6 Å². The van der Waals surface area contributed by atoms with Gasteiger partial charge in [-0.15, -0.1) is 0 Å². The van der Waals surface area contributed by atoms with Gasteiger partial charge >= 0.3 is 12.0 Å². The molecule has 0 saturated carbocycles. The Hall–Kier alpha value is -3.42. The summed E-state index contributed by atoms with van der Waals surface area (Å²) in [5, 5.41) is 2.41. The molecule has 0 aliphatic carbocycles. The van der Waals surface area contributed by atoms with E-state index in [0.717, 1.165) is 17.7 Å². The van der Waals surface area contributed by atoms with E-state index in [4.69, 9.17) is 9.16 Å². The molecule has 3 aromatic rings. The lowest BCUT2D eigenvalue weighted by molar-refractivity contribution is -0.141. The van der Waals surface area contributed by atoms with Gasteiger partial charge in [-0.2, -0.15) is 0 Å². The maximum Gasteiger partial charge on any atom is 0.324 e. The summed E-state index contributed by atoms with van der Waals surface area (Å²) in [4.78, 5) is 27.7. The minimum atomic E-state index is -2.63. The third-order valence-electron chi connectivity index (χ3n) is 7.10. The van der Waals surface area contributed by atoms with E-state index in [1.165, 1.54) is 17.3 Å². The Labute approximate surface area is 227 Å². The number of esters is 1. The molecule has 200 valence electrons. The highest BCUT2D eigenvalue weighted by molar-refractivity contribution is 6.99. The molecule has 1 aliphatic heterocycles. The van der Waals surface area contributed by atoms with E-state index in [1.807, 2.05) is 12.1 Å². The lowest BCUT2D eigenvalue weighted by atomic mass is 10.2. The topological polar surface area (TPSA) is 59.1 Å². The summed E-state index contributed by atoms with van der Waals surface area (Å²) in [6.45, 7) is 10.6. The lowest BCUT2D eigenvalue weighted by Crippen LogP contribution is -2.66. The van der Waals surface area contributed by atoms with E-state index in [2.05, 4.69) is 93.6 Å². The monoisotopic (exact) mass is 530 g/mol. The number of ether oxygens (including phenoxy) is 1. The highest BCUT2D eigenvalue weighted by atomic mass is 28.4. The van der Waals surface area contributed by atoms with Crippen LogP contribution in [0.5, 0.6) is 0 Å². The normalized spacial score (nSPS) is 14.5. The number of nitrogens with zero attached hydrogens (tertiary/aromatic N) is 2. The average Bonchev–Trinajstić information content (AvgIpc) is 2.91. The molecule has 38 heavy (non-hydrogen) atoms. The standard InChI is InChI=1S/C31H38N2O4Si/c1-25(34)36-23-22-32-20-11-21-33(30(32)35)27-18-16-26(17-19-27)24-37-38(31(2,3)4,28-12-7-5-8-13-28)29-14-9-6-10-15-29/h5-10,12-19H,11,20-24H2,1-4H3. The predicted octanol–water partition coefficient (Wildman–Crippen LogP) is 4.96. The van der Waals surface area contributed by atoms with Gasteiger partial charge in [0.2, 0.25) is 0 Å². The molecular formula is C31H38N2O4Si. The second kappa shape index (κ2) is 12.0. The number of urea groups is 1. The predicted molar refractivity (Wildman–Crippen MR) is 154 cm³/mol. The number of hydrogen-bond acceptors (Lipinski definition) is 4. The van der Waals surface area contributed by atoms with Gasteiger partial charge in [0, 0.05) is 25.7 Å². The molecule has 1 aliphatic rings. The van der Waals surface area contributed by atoms with Gasteiger partial charge in [-0.3, -0.25) is 9.69 Å². The first-order chi connectivity index (χ1) is 18.2. The Balaban J connectivity index is 1.53. The molecule has 0 atom stereocenters. The Bertz CT molecular complexity index is 1170. The number of carbonyl (C=O) groups excluding carboxylic acids is 2. The molecule has 6 nitrogen and oxygen atoms in total. The number of anilines is 1. The van der Waals surface area contributed by atoms with Gasteiger partial charge in [-0.05, 0) is 39.5 Å². The highest BCUT2D eigenvalue weighted by Gasteiger charge is 2.50. The third kappa shape index (κ3) is 6.00. The summed E-state index contributed by atoms with van der Waals surface area (Å²) in [5.74, 6) is -0.331. The number of benzene rings is 3. The fourth-order valence-corrected chi connectivity index (χ4v) is 9.79. The lowest BCUT2D eigenvalue weighted by Gasteiger charge is -2.43. The van der Waals surface area contributed by atoms with Gasteiger partial charge in [0.1, 0.15) is 6.61 Å². The molecule has 4 rings (SSSR count). The van der Waals surface area contributed by atoms with E-state index < -0.39 is 8.32 Å². The van der Waals surface area contributed by atoms with Crippen LogP contribution in [0.2, 0.25) is 5.04 Å². The van der Waals surface area contributed by atoms with Gasteiger partial charge in [0.25, 0.3) is 8.32 Å². The fraction of sp³-hybridized carbons (Fsp3) is 0.355. The van der Waals surface area contributed by atoms with Crippen LogP contribution in [0.1, 0.15) is 39.7 Å². The quantitative estimate of drug-likeness (QED) is 0.290. The molecule has 1 heterocycles. The third-order valence-corrected chi connectivity index (χ3v) is 12.1. The summed E-state index contributed by atoms with van der Waals surface area (Å²) in [5.41, 5.74) is 1.93. The van der Waals surface area contributed by atoms with Gasteiger partial charge in [0.15, 0.2) is 0 Å². The largest absolute Gasteiger partial charge is 0.464 e. The number of amides is 2. The minimum Gasteiger partial charge on any atom is -0.464 e. The summed E-state index contributed by atoms with van der Waals surface area (Å²) >= 11 is 0. The van der Waals surface area contributed by atoms with Crippen molar-refractivity contribution in [3.8, 4) is 0 Å². The maximum absolute atomic E-state index is 13.1. The van der Waals surface area contributed by atoms with Crippen molar-refractivity contribution >= 4 is 36.4 Å². The highest BCUT2D eigenvalue weighted by Crippen LogP contribution is 2.37. The molecule has 1 fully saturated rings. The zero-order valence-electron chi connectivity index (χ0n) is 22.9. The fourth-order valence-electron chi connectivity index (χ4n) is 5.25. The van der Waals surface area contributed by atoms with Crippen LogP contribution in [0.4, 0.5) is 10.5 Å². The minimum absolute atomic E-state index is 0.0558. The smallest absolute Gasteiger partial charge is 0.324 e. The van der Waals surface area contributed by atoms with Crippen molar-refractivity contribution in [1.82, 2.24) is 4.90 Å².